The number of benzene rings is 2. The molecular formula is C40H52ClF3N8O7. The third kappa shape index (κ3) is 10.5. The molecule has 19 heteroatoms. The first-order valence-corrected chi connectivity index (χ1v) is 20.2. The molecule has 3 fully saturated rings. The molecule has 2 aromatic rings. The Bertz CT molecular complexity index is 1890. The van der Waals surface area contributed by atoms with Crippen LogP contribution in [0.2, 0.25) is 5.02 Å². The average molecular weight is 849 g/mol. The van der Waals surface area contributed by atoms with Crippen molar-refractivity contribution >= 4 is 52.9 Å². The summed E-state index contributed by atoms with van der Waals surface area (Å²) in [6, 6.07) is 8.57. The normalized spacial score (nSPS) is 20.6. The van der Waals surface area contributed by atoms with Crippen LogP contribution in [0.25, 0.3) is 0 Å². The number of likely N-dealkylation sites (tertiary alicyclic amines) is 2. The highest BCUT2D eigenvalue weighted by atomic mass is 35.5. The largest absolute Gasteiger partial charge is 0.454 e. The van der Waals surface area contributed by atoms with Gasteiger partial charge in [-0.1, -0.05) is 29.8 Å². The molecule has 322 valence electrons. The number of hydrogen-bond donors (Lipinski definition) is 2. The maximum absolute atomic E-state index is 14.2. The standard InChI is InChI=1S/C40H52ClF3N8O7/c1-47(2)34(53)24-58-37(55)32-23-48(3)18-19-51(32)27-9-13-49(14-10-27)36(54)33(22-25-20-29(40(42,43)44)35(45)30(41)21-25)59-39(57)50-15-11-28(12-16-50)52-17-8-26-6-4-5-7-31(26)46-38(52)56/h4-7,20-21,27-28,32-33H,8-19,22-24,45H2,1-3H3,(H,46,56)/t32-,33+/m0/s1. The van der Waals surface area contributed by atoms with Crippen LogP contribution in [0, 0.1) is 0 Å². The molecule has 4 heterocycles. The number of carbonyl (C=O) groups is 5. The summed E-state index contributed by atoms with van der Waals surface area (Å²) in [7, 11) is 5.04. The third-order valence-corrected chi connectivity index (χ3v) is 12.0. The molecule has 59 heavy (non-hydrogen) atoms. The number of esters is 1. The Hall–Kier alpha value is -4.81. The van der Waals surface area contributed by atoms with Crippen LogP contribution in [-0.4, -0.2) is 164 Å². The van der Waals surface area contributed by atoms with E-state index in [9.17, 15) is 37.1 Å². The lowest BCUT2D eigenvalue weighted by Gasteiger charge is -2.45. The second kappa shape index (κ2) is 18.6. The van der Waals surface area contributed by atoms with Gasteiger partial charge >= 0.3 is 24.3 Å². The van der Waals surface area contributed by atoms with Crippen molar-refractivity contribution in [2.45, 2.75) is 68.9 Å². The van der Waals surface area contributed by atoms with Gasteiger partial charge < -0.3 is 45.0 Å². The molecular weight excluding hydrogens is 797 g/mol. The second-order valence-electron chi connectivity index (χ2n) is 15.8. The van der Waals surface area contributed by atoms with Gasteiger partial charge in [0.15, 0.2) is 12.7 Å². The van der Waals surface area contributed by atoms with Gasteiger partial charge in [0.25, 0.3) is 11.8 Å². The molecule has 2 aromatic carbocycles. The van der Waals surface area contributed by atoms with E-state index in [1.54, 1.807) is 19.0 Å². The smallest absolute Gasteiger partial charge is 0.418 e. The number of fused-ring (bicyclic) bond motifs is 1. The zero-order valence-electron chi connectivity index (χ0n) is 33.5. The van der Waals surface area contributed by atoms with Crippen LogP contribution >= 0.6 is 11.6 Å². The SMILES string of the molecule is CN1CCN(C2CCN(C(=O)[C@@H](Cc3cc(Cl)c(N)c(C(F)(F)F)c3)OC(=O)N3CCC(N4CCc5ccccc5NC4=O)CC3)CC2)[C@H](C(=O)OCC(=O)N(C)C)C1. The summed E-state index contributed by atoms with van der Waals surface area (Å²) in [5.41, 5.74) is 5.68. The van der Waals surface area contributed by atoms with Crippen LogP contribution < -0.4 is 11.1 Å². The fourth-order valence-electron chi connectivity index (χ4n) is 8.27. The lowest BCUT2D eigenvalue weighted by Crippen LogP contribution is -2.61. The van der Waals surface area contributed by atoms with Crippen molar-refractivity contribution in [2.75, 3.05) is 91.2 Å². The molecule has 3 saturated heterocycles. The Balaban J connectivity index is 1.12. The Labute approximate surface area is 346 Å². The predicted molar refractivity (Wildman–Crippen MR) is 213 cm³/mol. The zero-order valence-corrected chi connectivity index (χ0v) is 34.3. The molecule has 2 atom stereocenters. The Kier molecular flexibility index (Phi) is 13.8. The van der Waals surface area contributed by atoms with E-state index in [4.69, 9.17) is 26.8 Å². The van der Waals surface area contributed by atoms with Crippen molar-refractivity contribution in [2.24, 2.45) is 0 Å². The topological polar surface area (TPSA) is 161 Å². The number of nitrogens with two attached hydrogens (primary N) is 1. The molecule has 4 aliphatic rings. The average Bonchev–Trinajstić information content (AvgIpc) is 3.38. The van der Waals surface area contributed by atoms with Crippen molar-refractivity contribution in [1.82, 2.24) is 29.4 Å². The summed E-state index contributed by atoms with van der Waals surface area (Å²) < 4.78 is 53.1. The molecule has 4 aliphatic heterocycles. The van der Waals surface area contributed by atoms with Gasteiger partial charge in [0.2, 0.25) is 0 Å². The number of halogens is 4. The van der Waals surface area contributed by atoms with Crippen molar-refractivity contribution in [1.29, 1.82) is 0 Å². The van der Waals surface area contributed by atoms with Gasteiger partial charge in [0.1, 0.15) is 6.04 Å². The van der Waals surface area contributed by atoms with Crippen molar-refractivity contribution in [3.05, 3.63) is 58.1 Å². The number of ether oxygens (including phenoxy) is 2. The minimum Gasteiger partial charge on any atom is -0.454 e. The van der Waals surface area contributed by atoms with Gasteiger partial charge in [-0.3, -0.25) is 19.3 Å². The summed E-state index contributed by atoms with van der Waals surface area (Å²) >= 11 is 6.14. The molecule has 3 N–H and O–H groups in total. The Morgan fingerprint density at radius 3 is 2.29 bits per heavy atom. The Morgan fingerprint density at radius 2 is 1.61 bits per heavy atom. The summed E-state index contributed by atoms with van der Waals surface area (Å²) in [4.78, 5) is 76.6. The van der Waals surface area contributed by atoms with E-state index in [0.717, 1.165) is 17.3 Å². The van der Waals surface area contributed by atoms with Gasteiger partial charge in [-0.05, 0) is 68.5 Å². The molecule has 0 aromatic heterocycles. The van der Waals surface area contributed by atoms with Crippen LogP contribution in [0.5, 0.6) is 0 Å². The minimum atomic E-state index is -4.82. The number of piperazine rings is 1. The Morgan fingerprint density at radius 1 is 0.949 bits per heavy atom. The number of carbonyl (C=O) groups excluding carboxylic acids is 5. The van der Waals surface area contributed by atoms with Crippen molar-refractivity contribution < 1.29 is 46.6 Å². The number of urea groups is 1. The number of nitrogens with one attached hydrogen (secondary N) is 1. The summed E-state index contributed by atoms with van der Waals surface area (Å²) in [5.74, 6) is -1.43. The maximum atomic E-state index is 14.2. The van der Waals surface area contributed by atoms with Crippen molar-refractivity contribution in [3.8, 4) is 0 Å². The highest BCUT2D eigenvalue weighted by molar-refractivity contribution is 6.33. The first-order chi connectivity index (χ1) is 28.0. The van der Waals surface area contributed by atoms with E-state index >= 15 is 0 Å². The van der Waals surface area contributed by atoms with E-state index < -0.39 is 54.0 Å². The zero-order chi connectivity index (χ0) is 42.6. The van der Waals surface area contributed by atoms with Gasteiger partial charge in [-0.25, -0.2) is 9.59 Å². The van der Waals surface area contributed by atoms with Gasteiger partial charge in [0, 0.05) is 90.6 Å². The van der Waals surface area contributed by atoms with Crippen LogP contribution in [0.3, 0.4) is 0 Å². The minimum absolute atomic E-state index is 0.0102. The number of nitrogen functional groups attached to an aromatic ring is 1. The molecule has 0 bridgehead atoms. The fourth-order valence-corrected chi connectivity index (χ4v) is 8.52. The third-order valence-electron chi connectivity index (χ3n) is 11.7. The van der Waals surface area contributed by atoms with E-state index in [1.165, 1.54) is 20.8 Å². The fraction of sp³-hybridized carbons (Fsp3) is 0.575. The van der Waals surface area contributed by atoms with Crippen LogP contribution in [0.15, 0.2) is 36.4 Å². The highest BCUT2D eigenvalue weighted by Crippen LogP contribution is 2.38. The van der Waals surface area contributed by atoms with E-state index in [-0.39, 0.29) is 67.4 Å². The number of amides is 5. The molecule has 0 aliphatic carbocycles. The summed E-state index contributed by atoms with van der Waals surface area (Å²) in [5, 5.41) is 2.63. The number of likely N-dealkylation sites (N-methyl/N-ethyl adjacent to an activating group) is 2. The molecule has 0 radical (unpaired) electrons. The van der Waals surface area contributed by atoms with Crippen LogP contribution in [0.1, 0.15) is 42.4 Å². The summed E-state index contributed by atoms with van der Waals surface area (Å²) in [6.45, 7) is 2.70. The van der Waals surface area contributed by atoms with Gasteiger partial charge in [-0.15, -0.1) is 0 Å². The number of rotatable bonds is 9. The monoisotopic (exact) mass is 848 g/mol. The first-order valence-electron chi connectivity index (χ1n) is 19.9. The van der Waals surface area contributed by atoms with E-state index in [0.29, 0.717) is 58.3 Å². The number of hydrogen-bond acceptors (Lipinski definition) is 10. The van der Waals surface area contributed by atoms with Gasteiger partial charge in [0.05, 0.1) is 16.3 Å². The predicted octanol–water partition coefficient (Wildman–Crippen LogP) is 3.78. The number of alkyl halides is 3. The second-order valence-corrected chi connectivity index (χ2v) is 16.2. The molecule has 0 spiro atoms. The van der Waals surface area contributed by atoms with E-state index in [2.05, 4.69) is 10.2 Å². The van der Waals surface area contributed by atoms with Crippen molar-refractivity contribution in [3.63, 3.8) is 0 Å². The maximum Gasteiger partial charge on any atom is 0.418 e. The van der Waals surface area contributed by atoms with Gasteiger partial charge in [-0.2, -0.15) is 13.2 Å². The molecule has 0 saturated carbocycles. The molecule has 6 rings (SSSR count). The number of piperidine rings is 2. The highest BCUT2D eigenvalue weighted by Gasteiger charge is 2.41. The molecule has 15 nitrogen and oxygen atoms in total. The van der Waals surface area contributed by atoms with E-state index in [1.807, 2.05) is 36.2 Å². The summed E-state index contributed by atoms with van der Waals surface area (Å²) in [6.07, 6.45) is -4.99. The number of anilines is 2. The first kappa shape index (κ1) is 43.8. The number of nitrogens with zero attached hydrogens (tertiary/aromatic N) is 6. The molecule has 5 amide bonds. The van der Waals surface area contributed by atoms with Crippen LogP contribution in [-0.2, 0) is 42.9 Å². The molecule has 0 unspecified atom stereocenters. The van der Waals surface area contributed by atoms with Crippen LogP contribution in [0.4, 0.5) is 34.1 Å². The quantitative estimate of drug-likeness (QED) is 0.281. The lowest BCUT2D eigenvalue weighted by molar-refractivity contribution is -0.159. The number of para-hydroxylation sites is 1. The lowest BCUT2D eigenvalue weighted by atomic mass is 9.97.